The SMILES string of the molecule is Cc1cc(Br)cc(C)c1OC(=O)COc1cc(Cl)ccc1Cl. The van der Waals surface area contributed by atoms with Crippen molar-refractivity contribution >= 4 is 45.1 Å². The van der Waals surface area contributed by atoms with Gasteiger partial charge in [0.15, 0.2) is 6.61 Å². The summed E-state index contributed by atoms with van der Waals surface area (Å²) in [7, 11) is 0. The molecule has 0 radical (unpaired) electrons. The lowest BCUT2D eigenvalue weighted by molar-refractivity contribution is -0.136. The molecule has 0 aliphatic heterocycles. The van der Waals surface area contributed by atoms with Gasteiger partial charge < -0.3 is 9.47 Å². The lowest BCUT2D eigenvalue weighted by atomic mass is 10.1. The number of hydrogen-bond donors (Lipinski definition) is 0. The molecule has 22 heavy (non-hydrogen) atoms. The molecule has 0 spiro atoms. The van der Waals surface area contributed by atoms with Crippen molar-refractivity contribution in [3.8, 4) is 11.5 Å². The summed E-state index contributed by atoms with van der Waals surface area (Å²) in [4.78, 5) is 11.9. The van der Waals surface area contributed by atoms with E-state index in [0.29, 0.717) is 21.5 Å². The van der Waals surface area contributed by atoms with Crippen molar-refractivity contribution in [2.24, 2.45) is 0 Å². The van der Waals surface area contributed by atoms with Crippen molar-refractivity contribution in [2.75, 3.05) is 6.61 Å². The lowest BCUT2D eigenvalue weighted by Crippen LogP contribution is -2.18. The maximum atomic E-state index is 11.9. The number of benzene rings is 2. The molecule has 0 amide bonds. The minimum atomic E-state index is -0.510. The molecule has 0 aliphatic rings. The van der Waals surface area contributed by atoms with Gasteiger partial charge >= 0.3 is 5.97 Å². The number of esters is 1. The number of carbonyl (C=O) groups is 1. The summed E-state index contributed by atoms with van der Waals surface area (Å²) in [5.74, 6) is 0.369. The first-order chi connectivity index (χ1) is 10.4. The molecule has 2 aromatic rings. The van der Waals surface area contributed by atoms with Crippen molar-refractivity contribution in [2.45, 2.75) is 13.8 Å². The Hall–Kier alpha value is -1.23. The van der Waals surface area contributed by atoms with E-state index in [1.54, 1.807) is 18.2 Å². The van der Waals surface area contributed by atoms with Crippen LogP contribution in [0.15, 0.2) is 34.8 Å². The Balaban J connectivity index is 2.03. The van der Waals surface area contributed by atoms with Crippen LogP contribution in [-0.2, 0) is 4.79 Å². The van der Waals surface area contributed by atoms with Crippen LogP contribution in [0.2, 0.25) is 10.0 Å². The standard InChI is InChI=1S/C16H13BrCl2O3/c1-9-5-11(17)6-10(2)16(9)22-15(20)8-21-14-7-12(18)3-4-13(14)19/h3-7H,8H2,1-2H3. The third kappa shape index (κ3) is 4.38. The zero-order chi connectivity index (χ0) is 16.3. The van der Waals surface area contributed by atoms with Gasteiger partial charge in [-0.15, -0.1) is 0 Å². The largest absolute Gasteiger partial charge is 0.480 e. The van der Waals surface area contributed by atoms with E-state index in [0.717, 1.165) is 15.6 Å². The highest BCUT2D eigenvalue weighted by molar-refractivity contribution is 9.10. The summed E-state index contributed by atoms with van der Waals surface area (Å²) in [5, 5.41) is 0.862. The van der Waals surface area contributed by atoms with Gasteiger partial charge in [-0.25, -0.2) is 4.79 Å². The van der Waals surface area contributed by atoms with Gasteiger partial charge in [-0.1, -0.05) is 39.1 Å². The molecule has 0 bridgehead atoms. The third-order valence-electron chi connectivity index (χ3n) is 2.88. The highest BCUT2D eigenvalue weighted by atomic mass is 79.9. The van der Waals surface area contributed by atoms with E-state index in [1.165, 1.54) is 0 Å². The summed E-state index contributed by atoms with van der Waals surface area (Å²) < 4.78 is 11.7. The summed E-state index contributed by atoms with van der Waals surface area (Å²) in [6.07, 6.45) is 0. The first-order valence-electron chi connectivity index (χ1n) is 6.42. The Bertz CT molecular complexity index is 694. The van der Waals surface area contributed by atoms with Gasteiger partial charge in [0.2, 0.25) is 0 Å². The molecular formula is C16H13BrCl2O3. The van der Waals surface area contributed by atoms with Gasteiger partial charge in [0.1, 0.15) is 11.5 Å². The van der Waals surface area contributed by atoms with Crippen LogP contribution in [0.4, 0.5) is 0 Å². The molecule has 2 aromatic carbocycles. The summed E-state index contributed by atoms with van der Waals surface area (Å²) in [5.41, 5.74) is 1.72. The molecule has 0 saturated heterocycles. The Morgan fingerprint density at radius 3 is 2.41 bits per heavy atom. The molecule has 0 atom stereocenters. The highest BCUT2D eigenvalue weighted by Gasteiger charge is 2.13. The van der Waals surface area contributed by atoms with Crippen LogP contribution >= 0.6 is 39.1 Å². The zero-order valence-corrected chi connectivity index (χ0v) is 15.1. The van der Waals surface area contributed by atoms with E-state index in [2.05, 4.69) is 15.9 Å². The maximum absolute atomic E-state index is 11.9. The minimum absolute atomic E-state index is 0.255. The van der Waals surface area contributed by atoms with Crippen LogP contribution in [0, 0.1) is 13.8 Å². The molecule has 0 saturated carbocycles. The van der Waals surface area contributed by atoms with Crippen LogP contribution in [0.25, 0.3) is 0 Å². The smallest absolute Gasteiger partial charge is 0.349 e. The minimum Gasteiger partial charge on any atom is -0.480 e. The fourth-order valence-corrected chi connectivity index (χ4v) is 2.95. The Kier molecular flexibility index (Phi) is 5.73. The first kappa shape index (κ1) is 17.1. The Morgan fingerprint density at radius 2 is 1.77 bits per heavy atom. The molecule has 6 heteroatoms. The predicted octanol–water partition coefficient (Wildman–Crippen LogP) is 5.36. The van der Waals surface area contributed by atoms with Crippen molar-refractivity contribution < 1.29 is 14.3 Å². The van der Waals surface area contributed by atoms with Crippen LogP contribution < -0.4 is 9.47 Å². The molecule has 0 unspecified atom stereocenters. The molecule has 116 valence electrons. The third-order valence-corrected chi connectivity index (χ3v) is 3.88. The van der Waals surface area contributed by atoms with Crippen LogP contribution in [0.3, 0.4) is 0 Å². The van der Waals surface area contributed by atoms with Crippen molar-refractivity contribution in [3.05, 3.63) is 56.0 Å². The maximum Gasteiger partial charge on any atom is 0.349 e. The number of hydrogen-bond acceptors (Lipinski definition) is 3. The molecule has 0 aromatic heterocycles. The van der Waals surface area contributed by atoms with Crippen LogP contribution in [0.1, 0.15) is 11.1 Å². The fraction of sp³-hybridized carbons (Fsp3) is 0.188. The van der Waals surface area contributed by atoms with Crippen LogP contribution in [0.5, 0.6) is 11.5 Å². The second-order valence-corrected chi connectivity index (χ2v) is 6.47. The van der Waals surface area contributed by atoms with Crippen molar-refractivity contribution in [1.82, 2.24) is 0 Å². The van der Waals surface area contributed by atoms with E-state index < -0.39 is 5.97 Å². The topological polar surface area (TPSA) is 35.5 Å². The normalized spacial score (nSPS) is 10.4. The van der Waals surface area contributed by atoms with E-state index >= 15 is 0 Å². The average molecular weight is 404 g/mol. The van der Waals surface area contributed by atoms with Gasteiger partial charge in [-0.05, 0) is 49.2 Å². The Morgan fingerprint density at radius 1 is 1.14 bits per heavy atom. The summed E-state index contributed by atoms with van der Waals surface area (Å²) in [6, 6.07) is 8.55. The molecule has 0 heterocycles. The number of carbonyl (C=O) groups excluding carboxylic acids is 1. The second kappa shape index (κ2) is 7.36. The van der Waals surface area contributed by atoms with Gasteiger partial charge in [0.25, 0.3) is 0 Å². The number of halogens is 3. The van der Waals surface area contributed by atoms with E-state index in [9.17, 15) is 4.79 Å². The quantitative estimate of drug-likeness (QED) is 0.509. The molecular weight excluding hydrogens is 391 g/mol. The van der Waals surface area contributed by atoms with Gasteiger partial charge in [0, 0.05) is 15.6 Å². The molecule has 0 aliphatic carbocycles. The summed E-state index contributed by atoms with van der Waals surface area (Å²) >= 11 is 15.2. The van der Waals surface area contributed by atoms with Gasteiger partial charge in [-0.3, -0.25) is 0 Å². The molecule has 3 nitrogen and oxygen atoms in total. The van der Waals surface area contributed by atoms with Gasteiger partial charge in [0.05, 0.1) is 5.02 Å². The lowest BCUT2D eigenvalue weighted by Gasteiger charge is -2.12. The van der Waals surface area contributed by atoms with Crippen molar-refractivity contribution in [1.29, 1.82) is 0 Å². The fourth-order valence-electron chi connectivity index (χ4n) is 1.93. The van der Waals surface area contributed by atoms with E-state index in [-0.39, 0.29) is 6.61 Å². The molecule has 2 rings (SSSR count). The van der Waals surface area contributed by atoms with Gasteiger partial charge in [-0.2, -0.15) is 0 Å². The average Bonchev–Trinajstić information content (AvgIpc) is 2.44. The predicted molar refractivity (Wildman–Crippen MR) is 91.2 cm³/mol. The zero-order valence-electron chi connectivity index (χ0n) is 12.0. The number of rotatable bonds is 4. The highest BCUT2D eigenvalue weighted by Crippen LogP contribution is 2.29. The summed E-state index contributed by atoms with van der Waals surface area (Å²) in [6.45, 7) is 3.49. The second-order valence-electron chi connectivity index (χ2n) is 4.71. The van der Waals surface area contributed by atoms with E-state index in [1.807, 2.05) is 26.0 Å². The molecule has 0 N–H and O–H groups in total. The van der Waals surface area contributed by atoms with E-state index in [4.69, 9.17) is 32.7 Å². The number of ether oxygens (including phenoxy) is 2. The van der Waals surface area contributed by atoms with Crippen LogP contribution in [-0.4, -0.2) is 12.6 Å². The Labute approximate surface area is 147 Å². The van der Waals surface area contributed by atoms with Crippen molar-refractivity contribution in [3.63, 3.8) is 0 Å². The monoisotopic (exact) mass is 402 g/mol. The molecule has 0 fully saturated rings. The first-order valence-corrected chi connectivity index (χ1v) is 7.97. The number of aryl methyl sites for hydroxylation is 2.